The maximum absolute atomic E-state index is 3.54. The van der Waals surface area contributed by atoms with E-state index in [9.17, 15) is 0 Å². The lowest BCUT2D eigenvalue weighted by molar-refractivity contribution is 0.626. The molecule has 2 rings (SSSR count). The number of hydrogen-bond donors (Lipinski definition) is 0. The van der Waals surface area contributed by atoms with Gasteiger partial charge in [0.15, 0.2) is 0 Å². The second kappa shape index (κ2) is 6.26. The Morgan fingerprint density at radius 2 is 1.70 bits per heavy atom. The zero-order valence-corrected chi connectivity index (χ0v) is 13.2. The Labute approximate surface area is 123 Å². The van der Waals surface area contributed by atoms with Crippen LogP contribution in [0.15, 0.2) is 42.5 Å². The zero-order valence-electron chi connectivity index (χ0n) is 13.2. The smallest absolute Gasteiger partial charge is 0.0155 e. The number of hydrogen-bond acceptors (Lipinski definition) is 0. The lowest BCUT2D eigenvalue weighted by Crippen LogP contribution is -2.22. The molecule has 20 heavy (non-hydrogen) atoms. The molecule has 1 radical (unpaired) electrons. The predicted octanol–water partition coefficient (Wildman–Crippen LogP) is 5.33. The molecule has 105 valence electrons. The highest BCUT2D eigenvalue weighted by Crippen LogP contribution is 2.35. The van der Waals surface area contributed by atoms with Gasteiger partial charge in [-0.05, 0) is 41.2 Å². The van der Waals surface area contributed by atoms with Crippen LogP contribution in [0.3, 0.4) is 0 Å². The molecule has 2 aromatic rings. The van der Waals surface area contributed by atoms with E-state index in [1.807, 2.05) is 0 Å². The Kier molecular flexibility index (Phi) is 4.65. The molecule has 0 unspecified atom stereocenters. The summed E-state index contributed by atoms with van der Waals surface area (Å²) in [5, 5.41) is 0. The number of aryl methyl sites for hydroxylation is 1. The first-order valence-electron chi connectivity index (χ1n) is 7.69. The molecule has 0 saturated carbocycles. The Morgan fingerprint density at radius 1 is 1.00 bits per heavy atom. The van der Waals surface area contributed by atoms with Crippen molar-refractivity contribution in [3.8, 4) is 0 Å². The van der Waals surface area contributed by atoms with Gasteiger partial charge in [-0.15, -0.1) is 0 Å². The monoisotopic (exact) mass is 265 g/mol. The molecule has 0 aliphatic heterocycles. The molecule has 0 bridgehead atoms. The van der Waals surface area contributed by atoms with Gasteiger partial charge in [-0.2, -0.15) is 0 Å². The maximum atomic E-state index is 3.54. The minimum Gasteiger partial charge on any atom is -0.0651 e. The third-order valence-corrected chi connectivity index (χ3v) is 4.20. The van der Waals surface area contributed by atoms with Gasteiger partial charge >= 0.3 is 0 Å². The van der Waals surface area contributed by atoms with E-state index in [1.165, 1.54) is 28.7 Å². The summed E-state index contributed by atoms with van der Waals surface area (Å²) in [6, 6.07) is 18.6. The Morgan fingerprint density at radius 3 is 2.30 bits per heavy atom. The first-order chi connectivity index (χ1) is 9.61. The quantitative estimate of drug-likeness (QED) is 0.685. The van der Waals surface area contributed by atoms with E-state index in [0.717, 1.165) is 12.8 Å². The van der Waals surface area contributed by atoms with Gasteiger partial charge in [-0.3, -0.25) is 0 Å². The van der Waals surface area contributed by atoms with Crippen LogP contribution < -0.4 is 0 Å². The van der Waals surface area contributed by atoms with Gasteiger partial charge in [0.1, 0.15) is 0 Å². The van der Waals surface area contributed by atoms with Crippen molar-refractivity contribution in [1.82, 2.24) is 0 Å². The number of benzene rings is 2. The van der Waals surface area contributed by atoms with Crippen LogP contribution in [-0.2, 0) is 18.3 Å². The van der Waals surface area contributed by atoms with Crippen molar-refractivity contribution in [1.29, 1.82) is 0 Å². The molecule has 0 atom stereocenters. The molecule has 0 aromatic heterocycles. The Balaban J connectivity index is 2.56. The highest BCUT2D eigenvalue weighted by atomic mass is 14.3. The summed E-state index contributed by atoms with van der Waals surface area (Å²) in [6.45, 7) is 9.12. The van der Waals surface area contributed by atoms with Crippen molar-refractivity contribution in [3.05, 3.63) is 70.8 Å². The molecular formula is C20H25. The number of rotatable bonds is 5. The van der Waals surface area contributed by atoms with Crippen molar-refractivity contribution in [3.63, 3.8) is 0 Å². The van der Waals surface area contributed by atoms with Crippen LogP contribution in [0.25, 0.3) is 0 Å². The van der Waals surface area contributed by atoms with Crippen LogP contribution in [0.5, 0.6) is 0 Å². The average molecular weight is 265 g/mol. The van der Waals surface area contributed by atoms with E-state index in [0.29, 0.717) is 0 Å². The molecule has 0 fully saturated rings. The molecule has 0 N–H and O–H groups in total. The van der Waals surface area contributed by atoms with Crippen molar-refractivity contribution >= 4 is 0 Å². The third-order valence-electron chi connectivity index (χ3n) is 4.20. The van der Waals surface area contributed by atoms with E-state index in [-0.39, 0.29) is 5.41 Å². The highest BCUT2D eigenvalue weighted by Gasteiger charge is 2.26. The van der Waals surface area contributed by atoms with Crippen LogP contribution >= 0.6 is 0 Å². The van der Waals surface area contributed by atoms with Gasteiger partial charge < -0.3 is 0 Å². The standard InChI is InChI=1S/C20H25/c1-5-11-18-16(6-2)12-10-15-19(18)20(3,4)17-13-8-7-9-14-17/h7-10,12-14H,5-6,11H2,1-4H3. The van der Waals surface area contributed by atoms with Crippen molar-refractivity contribution in [2.75, 3.05) is 0 Å². The zero-order chi connectivity index (χ0) is 14.6. The SMILES string of the molecule is CCCc1c(C(C)(C)c2ccccc2)[c]ccc1CC. The van der Waals surface area contributed by atoms with E-state index in [2.05, 4.69) is 76.2 Å². The van der Waals surface area contributed by atoms with Gasteiger partial charge in [0, 0.05) is 5.41 Å². The van der Waals surface area contributed by atoms with Gasteiger partial charge in [0.25, 0.3) is 0 Å². The molecule has 0 heterocycles. The van der Waals surface area contributed by atoms with E-state index < -0.39 is 0 Å². The molecule has 0 heteroatoms. The lowest BCUT2D eigenvalue weighted by Gasteiger charge is -2.29. The Bertz CT molecular complexity index is 550. The maximum Gasteiger partial charge on any atom is 0.0155 e. The summed E-state index contributed by atoms with van der Waals surface area (Å²) in [6.07, 6.45) is 3.43. The molecule has 0 amide bonds. The minimum atomic E-state index is 0.0109. The van der Waals surface area contributed by atoms with Crippen LogP contribution in [0.1, 0.15) is 56.4 Å². The molecule has 2 aromatic carbocycles. The highest BCUT2D eigenvalue weighted by molar-refractivity contribution is 5.45. The molecule has 0 spiro atoms. The van der Waals surface area contributed by atoms with Crippen LogP contribution in [-0.4, -0.2) is 0 Å². The fourth-order valence-corrected chi connectivity index (χ4v) is 3.00. The fraction of sp³-hybridized carbons (Fsp3) is 0.400. The minimum absolute atomic E-state index is 0.0109. The lowest BCUT2D eigenvalue weighted by atomic mass is 9.74. The van der Waals surface area contributed by atoms with Gasteiger partial charge in [0.2, 0.25) is 0 Å². The normalized spacial score (nSPS) is 11.6. The van der Waals surface area contributed by atoms with Crippen LogP contribution in [0.2, 0.25) is 0 Å². The first kappa shape index (κ1) is 14.8. The largest absolute Gasteiger partial charge is 0.0651 e. The second-order valence-corrected chi connectivity index (χ2v) is 5.95. The van der Waals surface area contributed by atoms with Crippen LogP contribution in [0, 0.1) is 6.07 Å². The van der Waals surface area contributed by atoms with Gasteiger partial charge in [0.05, 0.1) is 0 Å². The summed E-state index contributed by atoms with van der Waals surface area (Å²) in [5.41, 5.74) is 5.72. The third kappa shape index (κ3) is 2.80. The summed E-state index contributed by atoms with van der Waals surface area (Å²) in [5.74, 6) is 0. The second-order valence-electron chi connectivity index (χ2n) is 5.95. The fourth-order valence-electron chi connectivity index (χ4n) is 3.00. The van der Waals surface area contributed by atoms with E-state index in [1.54, 1.807) is 0 Å². The summed E-state index contributed by atoms with van der Waals surface area (Å²) < 4.78 is 0. The summed E-state index contributed by atoms with van der Waals surface area (Å²) in [7, 11) is 0. The van der Waals surface area contributed by atoms with Gasteiger partial charge in [-0.25, -0.2) is 0 Å². The van der Waals surface area contributed by atoms with Gasteiger partial charge in [-0.1, -0.05) is 76.6 Å². The van der Waals surface area contributed by atoms with Crippen molar-refractivity contribution in [2.24, 2.45) is 0 Å². The van der Waals surface area contributed by atoms with Crippen LogP contribution in [0.4, 0.5) is 0 Å². The average Bonchev–Trinajstić information content (AvgIpc) is 2.48. The Hall–Kier alpha value is -1.56. The molecule has 0 aliphatic rings. The van der Waals surface area contributed by atoms with E-state index in [4.69, 9.17) is 0 Å². The topological polar surface area (TPSA) is 0 Å². The van der Waals surface area contributed by atoms with E-state index >= 15 is 0 Å². The molecule has 0 aliphatic carbocycles. The van der Waals surface area contributed by atoms with Crippen molar-refractivity contribution in [2.45, 2.75) is 52.4 Å². The summed E-state index contributed by atoms with van der Waals surface area (Å²) >= 11 is 0. The predicted molar refractivity (Wildman–Crippen MR) is 87.2 cm³/mol. The first-order valence-corrected chi connectivity index (χ1v) is 7.69. The molecule has 0 nitrogen and oxygen atoms in total. The molecule has 0 saturated heterocycles. The molecular weight excluding hydrogens is 240 g/mol. The summed E-state index contributed by atoms with van der Waals surface area (Å²) in [4.78, 5) is 0. The van der Waals surface area contributed by atoms with Crippen molar-refractivity contribution < 1.29 is 0 Å².